The highest BCUT2D eigenvalue weighted by Gasteiger charge is 2.09. The smallest absolute Gasteiger partial charge is 0.0384 e. The molecule has 1 unspecified atom stereocenters. The Bertz CT molecular complexity index is 727. The minimum atomic E-state index is -0.117. The number of nitrogens with one attached hydrogen (secondary N) is 1. The van der Waals surface area contributed by atoms with Crippen LogP contribution in [0.3, 0.4) is 0 Å². The van der Waals surface area contributed by atoms with Crippen LogP contribution < -0.4 is 11.1 Å². The monoisotopic (exact) mass is 306 g/mol. The third-order valence-corrected chi connectivity index (χ3v) is 3.95. The van der Waals surface area contributed by atoms with Crippen LogP contribution in [0.15, 0.2) is 54.6 Å². The average molecular weight is 306 g/mol. The van der Waals surface area contributed by atoms with Crippen LogP contribution in [0.2, 0.25) is 0 Å². The summed E-state index contributed by atoms with van der Waals surface area (Å²) in [5.41, 5.74) is 6.87. The molecule has 0 fully saturated rings. The second-order valence-corrected chi connectivity index (χ2v) is 6.46. The minimum Gasteiger partial charge on any atom is -0.329 e. The van der Waals surface area contributed by atoms with Crippen LogP contribution >= 0.6 is 0 Å². The fraction of sp³-hybridized carbons (Fsp3) is 0.333. The summed E-state index contributed by atoms with van der Waals surface area (Å²) in [4.78, 5) is 0. The fourth-order valence-corrected chi connectivity index (χ4v) is 2.39. The molecule has 0 aliphatic rings. The van der Waals surface area contributed by atoms with Gasteiger partial charge in [0.25, 0.3) is 0 Å². The Balaban J connectivity index is 1.96. The van der Waals surface area contributed by atoms with Gasteiger partial charge in [-0.15, -0.1) is 0 Å². The molecule has 0 aliphatic carbocycles. The topological polar surface area (TPSA) is 38.0 Å². The van der Waals surface area contributed by atoms with Crippen molar-refractivity contribution in [2.24, 2.45) is 11.1 Å². The van der Waals surface area contributed by atoms with E-state index in [0.717, 1.165) is 6.54 Å². The van der Waals surface area contributed by atoms with Gasteiger partial charge in [-0.3, -0.25) is 0 Å². The molecule has 0 saturated carbocycles. The summed E-state index contributed by atoms with van der Waals surface area (Å²) in [6.45, 7) is 7.66. The first-order valence-electron chi connectivity index (χ1n) is 8.12. The standard InChI is InChI=1S/C21H26N2/c1-17(23-15-8-4-7-14-21(2,3)16-22)19-13-9-11-18-10-5-6-12-20(18)19/h4-6,8-13,17,23H,15-16,22H2,1-3H3. The largest absolute Gasteiger partial charge is 0.329 e. The Kier molecular flexibility index (Phi) is 5.98. The van der Waals surface area contributed by atoms with E-state index >= 15 is 0 Å². The maximum atomic E-state index is 5.66. The van der Waals surface area contributed by atoms with E-state index in [-0.39, 0.29) is 5.41 Å². The van der Waals surface area contributed by atoms with E-state index in [1.54, 1.807) is 0 Å². The van der Waals surface area contributed by atoms with Crippen molar-refractivity contribution >= 4 is 10.8 Å². The van der Waals surface area contributed by atoms with Crippen molar-refractivity contribution in [1.29, 1.82) is 0 Å². The van der Waals surface area contributed by atoms with Gasteiger partial charge in [0.1, 0.15) is 0 Å². The van der Waals surface area contributed by atoms with Gasteiger partial charge in [0.2, 0.25) is 0 Å². The Morgan fingerprint density at radius 2 is 1.91 bits per heavy atom. The van der Waals surface area contributed by atoms with Gasteiger partial charge in [0.05, 0.1) is 0 Å². The van der Waals surface area contributed by atoms with Crippen molar-refractivity contribution in [3.05, 3.63) is 60.2 Å². The number of fused-ring (bicyclic) bond motifs is 1. The minimum absolute atomic E-state index is 0.117. The molecular formula is C21H26N2. The molecule has 2 nitrogen and oxygen atoms in total. The van der Waals surface area contributed by atoms with Crippen LogP contribution in [-0.2, 0) is 0 Å². The van der Waals surface area contributed by atoms with Crippen LogP contribution in [0.25, 0.3) is 10.8 Å². The second-order valence-electron chi connectivity index (χ2n) is 6.46. The Labute approximate surface area is 139 Å². The third-order valence-electron chi connectivity index (χ3n) is 3.95. The molecule has 0 heterocycles. The quantitative estimate of drug-likeness (QED) is 0.818. The number of benzene rings is 2. The van der Waals surface area contributed by atoms with Crippen molar-refractivity contribution in [2.45, 2.75) is 26.8 Å². The molecule has 2 rings (SSSR count). The molecule has 1 atom stereocenters. The number of allylic oxidation sites excluding steroid dienone is 1. The van der Waals surface area contributed by atoms with Crippen LogP contribution in [0, 0.1) is 17.3 Å². The summed E-state index contributed by atoms with van der Waals surface area (Å²) in [5.74, 6) is 6.23. The molecule has 0 aliphatic heterocycles. The van der Waals surface area contributed by atoms with Gasteiger partial charge in [0, 0.05) is 24.5 Å². The molecule has 120 valence electrons. The third kappa shape index (κ3) is 4.96. The normalized spacial score (nSPS) is 13.0. The van der Waals surface area contributed by atoms with Gasteiger partial charge in [0.15, 0.2) is 0 Å². The SMILES string of the molecule is CC(NCC=CC#CC(C)(C)CN)c1cccc2ccccc12. The summed E-state index contributed by atoms with van der Waals surface area (Å²) in [6.07, 6.45) is 3.96. The average Bonchev–Trinajstić information content (AvgIpc) is 2.57. The van der Waals surface area contributed by atoms with Crippen LogP contribution in [-0.4, -0.2) is 13.1 Å². The number of hydrogen-bond donors (Lipinski definition) is 2. The molecule has 0 bridgehead atoms. The molecule has 0 amide bonds. The van der Waals surface area contributed by atoms with Gasteiger partial charge in [-0.05, 0) is 43.2 Å². The van der Waals surface area contributed by atoms with Crippen molar-refractivity contribution in [3.63, 3.8) is 0 Å². The lowest BCUT2D eigenvalue weighted by Crippen LogP contribution is -2.21. The van der Waals surface area contributed by atoms with Crippen LogP contribution in [0.5, 0.6) is 0 Å². The highest BCUT2D eigenvalue weighted by Crippen LogP contribution is 2.23. The van der Waals surface area contributed by atoms with E-state index in [1.165, 1.54) is 16.3 Å². The maximum Gasteiger partial charge on any atom is 0.0384 e. The first-order chi connectivity index (χ1) is 11.0. The lowest BCUT2D eigenvalue weighted by Gasteiger charge is -2.15. The van der Waals surface area contributed by atoms with E-state index in [1.807, 2.05) is 6.08 Å². The van der Waals surface area contributed by atoms with Crippen molar-refractivity contribution in [3.8, 4) is 11.8 Å². The molecule has 23 heavy (non-hydrogen) atoms. The molecule has 0 spiro atoms. The zero-order valence-electron chi connectivity index (χ0n) is 14.3. The summed E-state index contributed by atoms with van der Waals surface area (Å²) in [5, 5.41) is 6.11. The van der Waals surface area contributed by atoms with Crippen molar-refractivity contribution in [2.75, 3.05) is 13.1 Å². The first-order valence-corrected chi connectivity index (χ1v) is 8.12. The van der Waals surface area contributed by atoms with Gasteiger partial charge < -0.3 is 11.1 Å². The molecule has 2 heteroatoms. The molecule has 2 aromatic carbocycles. The molecule has 2 aromatic rings. The van der Waals surface area contributed by atoms with Crippen molar-refractivity contribution < 1.29 is 0 Å². The van der Waals surface area contributed by atoms with Crippen LogP contribution in [0.1, 0.15) is 32.4 Å². The first kappa shape index (κ1) is 17.3. The molecular weight excluding hydrogens is 280 g/mol. The Hall–Kier alpha value is -2.08. The lowest BCUT2D eigenvalue weighted by atomic mass is 9.95. The fourth-order valence-electron chi connectivity index (χ4n) is 2.39. The summed E-state index contributed by atoms with van der Waals surface area (Å²) in [6, 6.07) is 15.2. The Morgan fingerprint density at radius 3 is 2.70 bits per heavy atom. The zero-order valence-corrected chi connectivity index (χ0v) is 14.3. The summed E-state index contributed by atoms with van der Waals surface area (Å²) in [7, 11) is 0. The van der Waals surface area contributed by atoms with Gasteiger partial charge in [-0.25, -0.2) is 0 Å². The molecule has 0 saturated heterocycles. The summed E-state index contributed by atoms with van der Waals surface area (Å²) < 4.78 is 0. The molecule has 3 N–H and O–H groups in total. The van der Waals surface area contributed by atoms with Crippen molar-refractivity contribution in [1.82, 2.24) is 5.32 Å². The molecule has 0 aromatic heterocycles. The van der Waals surface area contributed by atoms with E-state index in [2.05, 4.69) is 86.5 Å². The zero-order chi connectivity index (χ0) is 16.7. The Morgan fingerprint density at radius 1 is 1.17 bits per heavy atom. The number of hydrogen-bond acceptors (Lipinski definition) is 2. The predicted molar refractivity (Wildman–Crippen MR) is 100 cm³/mol. The van der Waals surface area contributed by atoms with Gasteiger partial charge in [-0.1, -0.05) is 60.4 Å². The second kappa shape index (κ2) is 7.97. The van der Waals surface area contributed by atoms with E-state index in [9.17, 15) is 0 Å². The molecule has 0 radical (unpaired) electrons. The van der Waals surface area contributed by atoms with Crippen LogP contribution in [0.4, 0.5) is 0 Å². The number of nitrogens with two attached hydrogens (primary N) is 1. The highest BCUT2D eigenvalue weighted by molar-refractivity contribution is 5.86. The van der Waals surface area contributed by atoms with Gasteiger partial charge >= 0.3 is 0 Å². The van der Waals surface area contributed by atoms with Gasteiger partial charge in [-0.2, -0.15) is 0 Å². The highest BCUT2D eigenvalue weighted by atomic mass is 14.9. The van der Waals surface area contributed by atoms with E-state index < -0.39 is 0 Å². The van der Waals surface area contributed by atoms with E-state index in [0.29, 0.717) is 12.6 Å². The predicted octanol–water partition coefficient (Wildman–Crippen LogP) is 4.03. The summed E-state index contributed by atoms with van der Waals surface area (Å²) >= 11 is 0. The lowest BCUT2D eigenvalue weighted by molar-refractivity contribution is 0.519. The maximum absolute atomic E-state index is 5.66. The van der Waals surface area contributed by atoms with E-state index in [4.69, 9.17) is 5.73 Å². The number of rotatable bonds is 5.